The highest BCUT2D eigenvalue weighted by Crippen LogP contribution is 2.24. The van der Waals surface area contributed by atoms with Crippen molar-refractivity contribution in [2.75, 3.05) is 74.5 Å². The zero-order chi connectivity index (χ0) is 22.7. The van der Waals surface area contributed by atoms with E-state index < -0.39 is 11.8 Å². The topological polar surface area (TPSA) is 59.1 Å². The Morgan fingerprint density at radius 2 is 1.41 bits per heavy atom. The van der Waals surface area contributed by atoms with Crippen LogP contribution in [0.4, 0.5) is 17.1 Å². The molecule has 170 valence electrons. The van der Waals surface area contributed by atoms with E-state index in [9.17, 15) is 9.59 Å². The molecule has 0 aromatic heterocycles. The molecule has 2 aromatic carbocycles. The van der Waals surface area contributed by atoms with Crippen LogP contribution < -0.4 is 15.1 Å². The zero-order valence-corrected chi connectivity index (χ0v) is 19.3. The Morgan fingerprint density at radius 1 is 0.781 bits per heavy atom. The predicted octanol–water partition coefficient (Wildman–Crippen LogP) is 2.34. The van der Waals surface area contributed by atoms with Crippen molar-refractivity contribution >= 4 is 28.9 Å². The van der Waals surface area contributed by atoms with E-state index in [2.05, 4.69) is 59.1 Å². The molecule has 0 unspecified atom stereocenters. The molecule has 0 radical (unpaired) electrons. The molecule has 32 heavy (non-hydrogen) atoms. The average molecular weight is 436 g/mol. The van der Waals surface area contributed by atoms with Crippen LogP contribution in [0.15, 0.2) is 42.5 Å². The van der Waals surface area contributed by atoms with Gasteiger partial charge in [-0.25, -0.2) is 0 Å². The van der Waals surface area contributed by atoms with Crippen LogP contribution in [0.5, 0.6) is 0 Å². The number of amides is 2. The van der Waals surface area contributed by atoms with Gasteiger partial charge in [0.2, 0.25) is 0 Å². The van der Waals surface area contributed by atoms with Gasteiger partial charge in [-0.2, -0.15) is 0 Å². The van der Waals surface area contributed by atoms with Gasteiger partial charge in [0.25, 0.3) is 0 Å². The molecule has 2 aliphatic heterocycles. The highest BCUT2D eigenvalue weighted by Gasteiger charge is 2.27. The summed E-state index contributed by atoms with van der Waals surface area (Å²) in [4.78, 5) is 33.8. The van der Waals surface area contributed by atoms with Gasteiger partial charge in [0, 0.05) is 69.4 Å². The summed E-state index contributed by atoms with van der Waals surface area (Å²) in [6, 6.07) is 14.1. The van der Waals surface area contributed by atoms with Gasteiger partial charge in [0.05, 0.1) is 0 Å². The van der Waals surface area contributed by atoms with E-state index in [1.807, 2.05) is 24.3 Å². The van der Waals surface area contributed by atoms with Crippen LogP contribution in [0.2, 0.25) is 0 Å². The fraction of sp³-hybridized carbons (Fsp3) is 0.440. The fourth-order valence-corrected chi connectivity index (χ4v) is 4.38. The van der Waals surface area contributed by atoms with E-state index in [0.717, 1.165) is 45.0 Å². The van der Waals surface area contributed by atoms with Crippen molar-refractivity contribution in [1.29, 1.82) is 0 Å². The monoisotopic (exact) mass is 435 g/mol. The predicted molar refractivity (Wildman–Crippen MR) is 129 cm³/mol. The molecule has 0 bridgehead atoms. The lowest BCUT2D eigenvalue weighted by Crippen LogP contribution is -2.51. The number of aryl methyl sites for hydroxylation is 1. The van der Waals surface area contributed by atoms with Crippen molar-refractivity contribution in [3.8, 4) is 0 Å². The number of nitrogens with one attached hydrogen (secondary N) is 1. The molecule has 2 fully saturated rings. The van der Waals surface area contributed by atoms with E-state index in [1.54, 1.807) is 4.90 Å². The standard InChI is InChI=1S/C25H33N5O2/c1-19-5-4-6-23(20(19)2)29-15-17-30(18-16-29)25(32)24(31)26-21-7-9-22(10-8-21)28-13-11-27(3)12-14-28/h4-10H,11-18H2,1-3H3,(H,26,31). The van der Waals surface area contributed by atoms with Gasteiger partial charge in [-0.1, -0.05) is 12.1 Å². The molecule has 2 amide bonds. The Morgan fingerprint density at radius 3 is 2.06 bits per heavy atom. The molecular weight excluding hydrogens is 402 g/mol. The van der Waals surface area contributed by atoms with Crippen LogP contribution in [0.25, 0.3) is 0 Å². The third-order valence-corrected chi connectivity index (χ3v) is 6.67. The first-order valence-corrected chi connectivity index (χ1v) is 11.4. The summed E-state index contributed by atoms with van der Waals surface area (Å²) >= 11 is 0. The minimum Gasteiger partial charge on any atom is -0.369 e. The highest BCUT2D eigenvalue weighted by atomic mass is 16.2. The first-order chi connectivity index (χ1) is 15.4. The maximum absolute atomic E-state index is 12.7. The quantitative estimate of drug-likeness (QED) is 0.750. The lowest BCUT2D eigenvalue weighted by atomic mass is 10.1. The smallest absolute Gasteiger partial charge is 0.313 e. The third-order valence-electron chi connectivity index (χ3n) is 6.67. The lowest BCUT2D eigenvalue weighted by molar-refractivity contribution is -0.143. The Kier molecular flexibility index (Phi) is 6.65. The van der Waals surface area contributed by atoms with Crippen molar-refractivity contribution in [1.82, 2.24) is 9.80 Å². The van der Waals surface area contributed by atoms with Crippen LogP contribution >= 0.6 is 0 Å². The molecule has 2 saturated heterocycles. The van der Waals surface area contributed by atoms with Gasteiger partial charge >= 0.3 is 11.8 Å². The summed E-state index contributed by atoms with van der Waals surface area (Å²) in [5.74, 6) is -1.04. The van der Waals surface area contributed by atoms with Crippen molar-refractivity contribution in [2.45, 2.75) is 13.8 Å². The van der Waals surface area contributed by atoms with E-state index in [4.69, 9.17) is 0 Å². The third kappa shape index (κ3) is 4.88. The molecule has 2 aliphatic rings. The number of hydrogen-bond donors (Lipinski definition) is 1. The van der Waals surface area contributed by atoms with Crippen molar-refractivity contribution in [3.63, 3.8) is 0 Å². The summed E-state index contributed by atoms with van der Waals surface area (Å²) in [5.41, 5.74) is 5.53. The van der Waals surface area contributed by atoms with Crippen LogP contribution in [0.3, 0.4) is 0 Å². The maximum Gasteiger partial charge on any atom is 0.313 e. The van der Waals surface area contributed by atoms with Crippen molar-refractivity contribution in [3.05, 3.63) is 53.6 Å². The van der Waals surface area contributed by atoms with E-state index in [-0.39, 0.29) is 0 Å². The first-order valence-electron chi connectivity index (χ1n) is 11.4. The Hall–Kier alpha value is -3.06. The number of anilines is 3. The fourth-order valence-electron chi connectivity index (χ4n) is 4.38. The Labute approximate surface area is 190 Å². The van der Waals surface area contributed by atoms with E-state index >= 15 is 0 Å². The number of carbonyl (C=O) groups excluding carboxylic acids is 2. The number of benzene rings is 2. The molecule has 7 nitrogen and oxygen atoms in total. The number of likely N-dealkylation sites (N-methyl/N-ethyl adjacent to an activating group) is 1. The molecule has 2 heterocycles. The van der Waals surface area contributed by atoms with E-state index in [0.29, 0.717) is 18.8 Å². The average Bonchev–Trinajstić information content (AvgIpc) is 2.81. The SMILES string of the molecule is Cc1cccc(N2CCN(C(=O)C(=O)Nc3ccc(N4CCN(C)CC4)cc3)CC2)c1C. The second-order valence-corrected chi connectivity index (χ2v) is 8.79. The van der Waals surface area contributed by atoms with Crippen molar-refractivity contribution < 1.29 is 9.59 Å². The zero-order valence-electron chi connectivity index (χ0n) is 19.3. The molecule has 2 aromatic rings. The number of carbonyl (C=O) groups is 2. The van der Waals surface area contributed by atoms with Gasteiger partial charge < -0.3 is 24.9 Å². The van der Waals surface area contributed by atoms with Gasteiger partial charge in [0.15, 0.2) is 0 Å². The number of hydrogen-bond acceptors (Lipinski definition) is 5. The highest BCUT2D eigenvalue weighted by molar-refractivity contribution is 6.39. The van der Waals surface area contributed by atoms with Crippen LogP contribution in [-0.4, -0.2) is 81.0 Å². The van der Waals surface area contributed by atoms with Gasteiger partial charge in [-0.15, -0.1) is 0 Å². The molecule has 0 aliphatic carbocycles. The lowest BCUT2D eigenvalue weighted by Gasteiger charge is -2.36. The Bertz CT molecular complexity index is 959. The second kappa shape index (κ2) is 9.61. The van der Waals surface area contributed by atoms with Crippen LogP contribution in [0.1, 0.15) is 11.1 Å². The number of rotatable bonds is 3. The summed E-state index contributed by atoms with van der Waals surface area (Å²) in [6.45, 7) is 10.9. The molecule has 0 atom stereocenters. The molecule has 4 rings (SSSR count). The molecule has 7 heteroatoms. The van der Waals surface area contributed by atoms with Crippen LogP contribution in [-0.2, 0) is 9.59 Å². The first kappa shape index (κ1) is 22.1. The van der Waals surface area contributed by atoms with Gasteiger partial charge in [-0.05, 0) is 62.4 Å². The number of piperazine rings is 2. The normalized spacial score (nSPS) is 17.4. The second-order valence-electron chi connectivity index (χ2n) is 8.79. The summed E-state index contributed by atoms with van der Waals surface area (Å²) in [7, 11) is 2.14. The van der Waals surface area contributed by atoms with Gasteiger partial charge in [-0.3, -0.25) is 9.59 Å². The minimum atomic E-state index is -0.572. The maximum atomic E-state index is 12.7. The van der Waals surface area contributed by atoms with Gasteiger partial charge in [0.1, 0.15) is 0 Å². The summed E-state index contributed by atoms with van der Waals surface area (Å²) in [5, 5.41) is 2.77. The van der Waals surface area contributed by atoms with Crippen molar-refractivity contribution in [2.24, 2.45) is 0 Å². The Balaban J connectivity index is 1.30. The molecule has 0 spiro atoms. The molecular formula is C25H33N5O2. The number of nitrogens with zero attached hydrogens (tertiary/aromatic N) is 4. The van der Waals surface area contributed by atoms with Crippen LogP contribution in [0, 0.1) is 13.8 Å². The minimum absolute atomic E-state index is 0.464. The molecule has 1 N–H and O–H groups in total. The summed E-state index contributed by atoms with van der Waals surface area (Å²) in [6.07, 6.45) is 0. The summed E-state index contributed by atoms with van der Waals surface area (Å²) < 4.78 is 0. The largest absolute Gasteiger partial charge is 0.369 e. The molecule has 0 saturated carbocycles. The van der Waals surface area contributed by atoms with E-state index in [1.165, 1.54) is 16.8 Å².